The van der Waals surface area contributed by atoms with Gasteiger partial charge in [-0.05, 0) is 37.6 Å². The topological polar surface area (TPSA) is 50.7 Å². The van der Waals surface area contributed by atoms with Crippen LogP contribution in [-0.2, 0) is 4.79 Å². The van der Waals surface area contributed by atoms with Gasteiger partial charge in [-0.2, -0.15) is 5.10 Å². The number of hydrazone groups is 1. The molecular formula is C12H15FN2O2. The molecule has 17 heavy (non-hydrogen) atoms. The number of carbonyl (C=O) groups is 1. The minimum absolute atomic E-state index is 0.147. The fourth-order valence-corrected chi connectivity index (χ4v) is 0.949. The summed E-state index contributed by atoms with van der Waals surface area (Å²) in [5.41, 5.74) is 3.20. The first-order valence-corrected chi connectivity index (χ1v) is 5.32. The van der Waals surface area contributed by atoms with E-state index in [1.807, 2.05) is 13.8 Å². The molecule has 0 saturated heterocycles. The van der Waals surface area contributed by atoms with Crippen LogP contribution in [0.25, 0.3) is 0 Å². The van der Waals surface area contributed by atoms with Crippen molar-refractivity contribution in [3.63, 3.8) is 0 Å². The van der Waals surface area contributed by atoms with Crippen molar-refractivity contribution >= 4 is 11.6 Å². The number of halogens is 1. The smallest absolute Gasteiger partial charge is 0.277 e. The van der Waals surface area contributed by atoms with Crippen molar-refractivity contribution in [3.8, 4) is 5.75 Å². The number of nitrogens with one attached hydrogen (secondary N) is 1. The second kappa shape index (κ2) is 6.62. The third-order valence-corrected chi connectivity index (χ3v) is 2.07. The van der Waals surface area contributed by atoms with Crippen molar-refractivity contribution in [1.82, 2.24) is 5.43 Å². The van der Waals surface area contributed by atoms with Gasteiger partial charge in [-0.1, -0.05) is 6.92 Å². The minimum atomic E-state index is -0.345. The van der Waals surface area contributed by atoms with E-state index in [1.54, 1.807) is 0 Å². The van der Waals surface area contributed by atoms with Crippen LogP contribution < -0.4 is 10.2 Å². The van der Waals surface area contributed by atoms with Gasteiger partial charge in [0.1, 0.15) is 11.6 Å². The molecule has 0 aliphatic rings. The molecule has 4 nitrogen and oxygen atoms in total. The minimum Gasteiger partial charge on any atom is -0.484 e. The van der Waals surface area contributed by atoms with Crippen LogP contribution in [0.5, 0.6) is 5.75 Å². The van der Waals surface area contributed by atoms with Gasteiger partial charge in [-0.15, -0.1) is 0 Å². The Morgan fingerprint density at radius 2 is 2.06 bits per heavy atom. The van der Waals surface area contributed by atoms with E-state index in [4.69, 9.17) is 4.74 Å². The van der Waals surface area contributed by atoms with Crippen LogP contribution in [-0.4, -0.2) is 18.2 Å². The summed E-state index contributed by atoms with van der Waals surface area (Å²) in [6, 6.07) is 5.46. The number of nitrogens with zero attached hydrogens (tertiary/aromatic N) is 1. The molecule has 0 aliphatic carbocycles. The van der Waals surface area contributed by atoms with Crippen molar-refractivity contribution in [3.05, 3.63) is 30.1 Å². The zero-order valence-electron chi connectivity index (χ0n) is 9.87. The molecule has 0 radical (unpaired) electrons. The van der Waals surface area contributed by atoms with Gasteiger partial charge in [0.15, 0.2) is 6.61 Å². The quantitative estimate of drug-likeness (QED) is 0.631. The zero-order valence-corrected chi connectivity index (χ0v) is 9.87. The zero-order chi connectivity index (χ0) is 12.7. The van der Waals surface area contributed by atoms with Gasteiger partial charge in [-0.25, -0.2) is 9.82 Å². The van der Waals surface area contributed by atoms with Gasteiger partial charge in [0, 0.05) is 5.71 Å². The second-order valence-corrected chi connectivity index (χ2v) is 3.48. The van der Waals surface area contributed by atoms with E-state index in [1.165, 1.54) is 24.3 Å². The van der Waals surface area contributed by atoms with E-state index in [0.29, 0.717) is 5.75 Å². The number of carbonyl (C=O) groups excluding carboxylic acids is 1. The summed E-state index contributed by atoms with van der Waals surface area (Å²) in [5, 5.41) is 3.85. The number of benzene rings is 1. The Labute approximate surface area is 99.5 Å². The first-order valence-electron chi connectivity index (χ1n) is 5.32. The lowest BCUT2D eigenvalue weighted by Gasteiger charge is -2.05. The Morgan fingerprint density at radius 3 is 2.65 bits per heavy atom. The van der Waals surface area contributed by atoms with Gasteiger partial charge in [0.05, 0.1) is 0 Å². The predicted octanol–water partition coefficient (Wildman–Crippen LogP) is 2.11. The molecule has 92 valence electrons. The molecule has 0 aromatic heterocycles. The molecule has 0 saturated carbocycles. The van der Waals surface area contributed by atoms with Gasteiger partial charge < -0.3 is 4.74 Å². The van der Waals surface area contributed by atoms with Crippen molar-refractivity contribution in [2.75, 3.05) is 6.61 Å². The average Bonchev–Trinajstić information content (AvgIpc) is 2.35. The van der Waals surface area contributed by atoms with Gasteiger partial charge in [0.2, 0.25) is 0 Å². The van der Waals surface area contributed by atoms with E-state index in [2.05, 4.69) is 10.5 Å². The highest BCUT2D eigenvalue weighted by Gasteiger charge is 2.01. The third kappa shape index (κ3) is 5.10. The summed E-state index contributed by atoms with van der Waals surface area (Å²) in [5.74, 6) is -0.246. The standard InChI is InChI=1S/C12H15FN2O2/c1-3-9(2)14-15-12(16)8-17-11-6-4-10(13)5-7-11/h4-7H,3,8H2,1-2H3,(H,15,16)/b14-9-. The van der Waals surface area contributed by atoms with E-state index < -0.39 is 0 Å². The van der Waals surface area contributed by atoms with Gasteiger partial charge in [-0.3, -0.25) is 4.79 Å². The summed E-state index contributed by atoms with van der Waals surface area (Å²) >= 11 is 0. The van der Waals surface area contributed by atoms with E-state index in [0.717, 1.165) is 12.1 Å². The number of amides is 1. The summed E-state index contributed by atoms with van der Waals surface area (Å²) in [7, 11) is 0. The van der Waals surface area contributed by atoms with Crippen molar-refractivity contribution < 1.29 is 13.9 Å². The maximum absolute atomic E-state index is 12.6. The molecule has 1 amide bonds. The first-order chi connectivity index (χ1) is 8.11. The second-order valence-electron chi connectivity index (χ2n) is 3.48. The lowest BCUT2D eigenvalue weighted by atomic mass is 10.3. The van der Waals surface area contributed by atoms with Crippen LogP contribution in [0.3, 0.4) is 0 Å². The van der Waals surface area contributed by atoms with Crippen LogP contribution in [0.15, 0.2) is 29.4 Å². The molecular weight excluding hydrogens is 223 g/mol. The van der Waals surface area contributed by atoms with Crippen molar-refractivity contribution in [1.29, 1.82) is 0 Å². The van der Waals surface area contributed by atoms with E-state index in [-0.39, 0.29) is 18.3 Å². The lowest BCUT2D eigenvalue weighted by molar-refractivity contribution is -0.123. The van der Waals surface area contributed by atoms with Crippen molar-refractivity contribution in [2.45, 2.75) is 20.3 Å². The lowest BCUT2D eigenvalue weighted by Crippen LogP contribution is -2.25. The summed E-state index contributed by atoms with van der Waals surface area (Å²) in [4.78, 5) is 11.3. The number of hydrogen-bond donors (Lipinski definition) is 1. The molecule has 0 fully saturated rings. The molecule has 0 unspecified atom stereocenters. The Hall–Kier alpha value is -1.91. The Kier molecular flexibility index (Phi) is 5.13. The molecule has 0 spiro atoms. The molecule has 1 N–H and O–H groups in total. The highest BCUT2D eigenvalue weighted by Crippen LogP contribution is 2.10. The van der Waals surface area contributed by atoms with Gasteiger partial charge >= 0.3 is 0 Å². The normalized spacial score (nSPS) is 11.1. The largest absolute Gasteiger partial charge is 0.484 e. The van der Waals surface area contributed by atoms with Crippen molar-refractivity contribution in [2.24, 2.45) is 5.10 Å². The Bertz CT molecular complexity index is 401. The molecule has 1 aromatic carbocycles. The van der Waals surface area contributed by atoms with E-state index >= 15 is 0 Å². The summed E-state index contributed by atoms with van der Waals surface area (Å²) in [6.45, 7) is 3.62. The molecule has 0 bridgehead atoms. The fourth-order valence-electron chi connectivity index (χ4n) is 0.949. The number of hydrogen-bond acceptors (Lipinski definition) is 3. The molecule has 0 atom stereocenters. The van der Waals surface area contributed by atoms with Crippen LogP contribution in [0, 0.1) is 5.82 Å². The molecule has 1 rings (SSSR count). The molecule has 5 heteroatoms. The highest BCUT2D eigenvalue weighted by atomic mass is 19.1. The first kappa shape index (κ1) is 13.2. The number of rotatable bonds is 5. The average molecular weight is 238 g/mol. The maximum atomic E-state index is 12.6. The molecule has 0 heterocycles. The Morgan fingerprint density at radius 1 is 1.41 bits per heavy atom. The fraction of sp³-hybridized carbons (Fsp3) is 0.333. The molecule has 0 aliphatic heterocycles. The highest BCUT2D eigenvalue weighted by molar-refractivity contribution is 5.84. The summed E-state index contributed by atoms with van der Waals surface area (Å²) in [6.07, 6.45) is 0.777. The number of ether oxygens (including phenoxy) is 1. The summed E-state index contributed by atoms with van der Waals surface area (Å²) < 4.78 is 17.7. The maximum Gasteiger partial charge on any atom is 0.277 e. The Balaban J connectivity index is 2.36. The SMILES string of the molecule is CC/C(C)=N\NC(=O)COc1ccc(F)cc1. The van der Waals surface area contributed by atoms with Crippen LogP contribution in [0.4, 0.5) is 4.39 Å². The monoisotopic (exact) mass is 238 g/mol. The van der Waals surface area contributed by atoms with Crippen LogP contribution in [0.2, 0.25) is 0 Å². The molecule has 1 aromatic rings. The predicted molar refractivity (Wildman–Crippen MR) is 63.4 cm³/mol. The van der Waals surface area contributed by atoms with Crippen LogP contribution >= 0.6 is 0 Å². The van der Waals surface area contributed by atoms with E-state index in [9.17, 15) is 9.18 Å². The van der Waals surface area contributed by atoms with Gasteiger partial charge in [0.25, 0.3) is 5.91 Å². The van der Waals surface area contributed by atoms with Crippen LogP contribution in [0.1, 0.15) is 20.3 Å². The third-order valence-electron chi connectivity index (χ3n) is 2.07.